The summed E-state index contributed by atoms with van der Waals surface area (Å²) in [6.45, 7) is 4.82. The number of carbonyl (C=O) groups excluding carboxylic acids is 3. The van der Waals surface area contributed by atoms with Crippen LogP contribution in [0.5, 0.6) is 5.75 Å². The van der Waals surface area contributed by atoms with Gasteiger partial charge >= 0.3 is 11.9 Å². The molecule has 5 rings (SSSR count). The van der Waals surface area contributed by atoms with Gasteiger partial charge in [0.1, 0.15) is 18.3 Å². The summed E-state index contributed by atoms with van der Waals surface area (Å²) in [7, 11) is 0. The maximum Gasteiger partial charge on any atom is 0.322 e. The molecular weight excluding hydrogens is 687 g/mol. The van der Waals surface area contributed by atoms with Crippen molar-refractivity contribution in [3.63, 3.8) is 0 Å². The molecule has 3 amide bonds. The van der Waals surface area contributed by atoms with Gasteiger partial charge in [-0.15, -0.1) is 11.8 Å². The third kappa shape index (κ3) is 9.78. The number of carboxylic acids is 2. The summed E-state index contributed by atoms with van der Waals surface area (Å²) >= 11 is 1.70. The zero-order valence-electron chi connectivity index (χ0n) is 29.0. The molecule has 2 heterocycles. The first-order chi connectivity index (χ1) is 25.0. The average Bonchev–Trinajstić information content (AvgIpc) is 3.59. The Kier molecular flexibility index (Phi) is 12.7. The van der Waals surface area contributed by atoms with Gasteiger partial charge < -0.3 is 30.5 Å². The number of carboxylic acid groups (broad SMARTS) is 2. The minimum Gasteiger partial charge on any atom is -0.493 e. The predicted octanol–water partition coefficient (Wildman–Crippen LogP) is 4.68. The molecule has 0 bridgehead atoms. The number of nitrogens with zero attached hydrogens (tertiary/aromatic N) is 3. The van der Waals surface area contributed by atoms with Gasteiger partial charge in [-0.3, -0.25) is 28.7 Å². The number of rotatable bonds is 16. The molecule has 3 aromatic carbocycles. The average molecular weight is 728 g/mol. The van der Waals surface area contributed by atoms with Crippen LogP contribution in [0, 0.1) is 13.8 Å². The zero-order chi connectivity index (χ0) is 37.2. The Morgan fingerprint density at radius 2 is 1.77 bits per heavy atom. The van der Waals surface area contributed by atoms with Crippen molar-refractivity contribution >= 4 is 47.1 Å². The normalized spacial score (nSPS) is 12.8. The highest BCUT2D eigenvalue weighted by atomic mass is 32.2. The van der Waals surface area contributed by atoms with Crippen LogP contribution < -0.4 is 20.3 Å². The highest BCUT2D eigenvalue weighted by Crippen LogP contribution is 2.42. The molecule has 13 nitrogen and oxygen atoms in total. The van der Waals surface area contributed by atoms with Crippen LogP contribution in [-0.2, 0) is 25.7 Å². The first-order valence-electron chi connectivity index (χ1n) is 16.9. The van der Waals surface area contributed by atoms with E-state index in [0.717, 1.165) is 44.3 Å². The molecule has 0 unspecified atom stereocenters. The van der Waals surface area contributed by atoms with Crippen molar-refractivity contribution in [3.8, 4) is 16.9 Å². The summed E-state index contributed by atoms with van der Waals surface area (Å²) in [5.74, 6) is -2.16. The van der Waals surface area contributed by atoms with E-state index in [-0.39, 0.29) is 17.9 Å². The lowest BCUT2D eigenvalue weighted by Crippen LogP contribution is -2.48. The van der Waals surface area contributed by atoms with E-state index >= 15 is 0 Å². The van der Waals surface area contributed by atoms with Gasteiger partial charge in [-0.05, 0) is 67.6 Å². The molecule has 0 saturated heterocycles. The third-order valence-corrected chi connectivity index (χ3v) is 9.76. The molecular formula is C38H41N5O8S. The number of aliphatic carboxylic acids is 2. The van der Waals surface area contributed by atoms with Gasteiger partial charge in [-0.1, -0.05) is 36.4 Å². The summed E-state index contributed by atoms with van der Waals surface area (Å²) in [6, 6.07) is 17.4. The monoisotopic (exact) mass is 727 g/mol. The molecule has 0 fully saturated rings. The van der Waals surface area contributed by atoms with E-state index in [9.17, 15) is 24.0 Å². The van der Waals surface area contributed by atoms with Gasteiger partial charge in [0.2, 0.25) is 11.8 Å². The van der Waals surface area contributed by atoms with Crippen LogP contribution >= 0.6 is 11.8 Å². The minimum atomic E-state index is -1.27. The number of ether oxygens (including phenoxy) is 1. The van der Waals surface area contributed by atoms with E-state index in [2.05, 4.69) is 15.7 Å². The van der Waals surface area contributed by atoms with Crippen LogP contribution in [0.2, 0.25) is 0 Å². The van der Waals surface area contributed by atoms with E-state index in [1.807, 2.05) is 67.4 Å². The van der Waals surface area contributed by atoms with Crippen molar-refractivity contribution in [2.24, 2.45) is 0 Å². The number of hydrogen-bond acceptors (Lipinski definition) is 8. The number of benzene rings is 3. The number of nitrogens with one attached hydrogen (secondary N) is 2. The molecule has 1 atom stereocenters. The Hall–Kier alpha value is -5.63. The van der Waals surface area contributed by atoms with Crippen LogP contribution in [0.15, 0.2) is 78.0 Å². The van der Waals surface area contributed by atoms with Gasteiger partial charge in [0.25, 0.3) is 5.91 Å². The topological polar surface area (TPSA) is 180 Å². The van der Waals surface area contributed by atoms with Crippen molar-refractivity contribution in [2.45, 2.75) is 57.0 Å². The lowest BCUT2D eigenvalue weighted by atomic mass is 10.1. The van der Waals surface area contributed by atoms with Crippen LogP contribution in [-0.4, -0.2) is 81.1 Å². The van der Waals surface area contributed by atoms with E-state index in [0.29, 0.717) is 32.5 Å². The predicted molar refractivity (Wildman–Crippen MR) is 196 cm³/mol. The fourth-order valence-corrected chi connectivity index (χ4v) is 6.95. The van der Waals surface area contributed by atoms with Gasteiger partial charge in [-0.2, -0.15) is 5.10 Å². The lowest BCUT2D eigenvalue weighted by Gasteiger charge is -2.30. The second-order valence-electron chi connectivity index (χ2n) is 12.4. The lowest BCUT2D eigenvalue weighted by molar-refractivity contribution is -0.139. The molecule has 0 saturated carbocycles. The number of aryl methyl sites for hydroxylation is 1. The number of thioether (sulfide) groups is 1. The molecule has 0 radical (unpaired) electrons. The van der Waals surface area contributed by atoms with E-state index in [1.165, 1.54) is 5.56 Å². The molecule has 1 aliphatic heterocycles. The fraction of sp³-hybridized carbons (Fsp3) is 0.316. The molecule has 0 spiro atoms. The van der Waals surface area contributed by atoms with Crippen molar-refractivity contribution < 1.29 is 38.9 Å². The summed E-state index contributed by atoms with van der Waals surface area (Å²) < 4.78 is 7.71. The van der Waals surface area contributed by atoms with Crippen LogP contribution in [0.3, 0.4) is 0 Å². The Balaban J connectivity index is 1.22. The van der Waals surface area contributed by atoms with E-state index in [4.69, 9.17) is 14.9 Å². The Morgan fingerprint density at radius 3 is 2.56 bits per heavy atom. The molecule has 4 aromatic rings. The number of fused-ring (bicyclic) bond motifs is 1. The van der Waals surface area contributed by atoms with E-state index in [1.54, 1.807) is 40.8 Å². The van der Waals surface area contributed by atoms with Gasteiger partial charge in [0.15, 0.2) is 0 Å². The Bertz CT molecular complexity index is 1960. The van der Waals surface area contributed by atoms with Crippen molar-refractivity contribution in [1.82, 2.24) is 20.4 Å². The van der Waals surface area contributed by atoms with Crippen LogP contribution in [0.4, 0.5) is 5.69 Å². The zero-order valence-corrected chi connectivity index (χ0v) is 29.8. The number of amides is 3. The second kappa shape index (κ2) is 17.5. The first kappa shape index (κ1) is 37.6. The smallest absolute Gasteiger partial charge is 0.322 e. The first-order valence-corrected chi connectivity index (χ1v) is 17.9. The van der Waals surface area contributed by atoms with Gasteiger partial charge in [0.05, 0.1) is 25.0 Å². The number of anilines is 1. The Labute approximate surface area is 305 Å². The standard InChI is InChI=1S/C38H41N5O8S/c1-24-7-3-12-32(25(24)2)51-17-6-13-33(44)43-16-18-52-36-29(10-5-11-31(36)43)28-20-40-42(23-28)22-26-8-4-9-27(19-26)37(49)41-30(14-15-34(45)46)38(50)39-21-35(47)48/h3-5,7-12,19-20,23,30H,6,13-18,21-22H2,1-2H3,(H,39,50)(H,41,49)(H,45,46)(H,47,48)/t30-/m0/s1. The van der Waals surface area contributed by atoms with Crippen LogP contribution in [0.25, 0.3) is 11.1 Å². The highest BCUT2D eigenvalue weighted by molar-refractivity contribution is 7.99. The van der Waals surface area contributed by atoms with Crippen molar-refractivity contribution in [1.29, 1.82) is 0 Å². The number of hydrogen-bond donors (Lipinski definition) is 4. The molecule has 52 heavy (non-hydrogen) atoms. The highest BCUT2D eigenvalue weighted by Gasteiger charge is 2.26. The largest absolute Gasteiger partial charge is 0.493 e. The second-order valence-corrected chi connectivity index (χ2v) is 13.5. The molecule has 14 heteroatoms. The SMILES string of the molecule is Cc1cccc(OCCCC(=O)N2CCSc3c(-c4cnn(Cc5cccc(C(=O)N[C@@H](CCC(=O)O)C(=O)NCC(=O)O)c5)c4)cccc32)c1C. The van der Waals surface area contributed by atoms with Crippen molar-refractivity contribution in [3.05, 3.63) is 95.3 Å². The minimum absolute atomic E-state index is 0.0528. The third-order valence-electron chi connectivity index (χ3n) is 8.66. The number of aromatic nitrogens is 2. The van der Waals surface area contributed by atoms with Gasteiger partial charge in [-0.25, -0.2) is 0 Å². The number of carbonyl (C=O) groups is 5. The fourth-order valence-electron chi connectivity index (χ4n) is 5.81. The molecule has 1 aliphatic rings. The summed E-state index contributed by atoms with van der Waals surface area (Å²) in [4.78, 5) is 63.8. The molecule has 1 aromatic heterocycles. The van der Waals surface area contributed by atoms with E-state index < -0.39 is 42.8 Å². The van der Waals surface area contributed by atoms with Gasteiger partial charge in [0, 0.05) is 52.9 Å². The maximum absolute atomic E-state index is 13.4. The van der Waals surface area contributed by atoms with Crippen molar-refractivity contribution in [2.75, 3.05) is 30.3 Å². The molecule has 4 N–H and O–H groups in total. The summed E-state index contributed by atoms with van der Waals surface area (Å²) in [5, 5.41) is 27.2. The Morgan fingerprint density at radius 1 is 0.981 bits per heavy atom. The molecule has 0 aliphatic carbocycles. The maximum atomic E-state index is 13.4. The summed E-state index contributed by atoms with van der Waals surface area (Å²) in [6.07, 6.45) is 4.04. The molecule has 272 valence electrons. The summed E-state index contributed by atoms with van der Waals surface area (Å²) in [5.41, 5.74) is 5.98. The quantitative estimate of drug-likeness (QED) is 0.118. The van der Waals surface area contributed by atoms with Crippen LogP contribution in [0.1, 0.15) is 52.7 Å².